The van der Waals surface area contributed by atoms with Gasteiger partial charge in [0.2, 0.25) is 0 Å². The number of hydrogen-bond acceptors (Lipinski definition) is 5. The zero-order valence-corrected chi connectivity index (χ0v) is 12.9. The lowest BCUT2D eigenvalue weighted by atomic mass is 10.2. The fraction of sp³-hybridized carbons (Fsp3) is 0.167. The summed E-state index contributed by atoms with van der Waals surface area (Å²) in [7, 11) is -3.88. The van der Waals surface area contributed by atoms with E-state index in [-0.39, 0.29) is 11.3 Å². The Morgan fingerprint density at radius 2 is 2.05 bits per heavy atom. The monoisotopic (exact) mass is 343 g/mol. The summed E-state index contributed by atoms with van der Waals surface area (Å²) in [5.74, 6) is -0.660. The maximum Gasteiger partial charge on any atom is 0.257 e. The van der Waals surface area contributed by atoms with Gasteiger partial charge < -0.3 is 10.7 Å². The zero-order chi connectivity index (χ0) is 16.2. The second-order valence-corrected chi connectivity index (χ2v) is 6.55. The molecule has 1 atom stereocenters. The lowest BCUT2D eigenvalue weighted by Gasteiger charge is -2.12. The van der Waals surface area contributed by atoms with E-state index in [1.807, 2.05) is 4.83 Å². The number of amides is 1. The van der Waals surface area contributed by atoms with E-state index in [1.165, 1.54) is 36.8 Å². The summed E-state index contributed by atoms with van der Waals surface area (Å²) in [6.07, 6.45) is 3.20. The molecule has 2 rings (SSSR count). The van der Waals surface area contributed by atoms with E-state index >= 15 is 0 Å². The number of nitrogens with two attached hydrogens (primary N) is 1. The van der Waals surface area contributed by atoms with Gasteiger partial charge in [-0.25, -0.2) is 13.4 Å². The Morgan fingerprint density at radius 1 is 1.36 bits per heavy atom. The Labute approximate surface area is 132 Å². The van der Waals surface area contributed by atoms with Crippen LogP contribution in [0.15, 0.2) is 41.7 Å². The predicted octanol–water partition coefficient (Wildman–Crippen LogP) is -0.0574. The quantitative estimate of drug-likeness (QED) is 0.546. The molecular weight excluding hydrogens is 330 g/mol. The molecule has 0 saturated heterocycles. The number of benzene rings is 1. The van der Waals surface area contributed by atoms with Crippen LogP contribution in [0.5, 0.6) is 0 Å². The first-order valence-electron chi connectivity index (χ1n) is 6.18. The number of hydrogen-bond donors (Lipinski definition) is 4. The van der Waals surface area contributed by atoms with Crippen molar-refractivity contribution >= 4 is 27.5 Å². The number of carbonyl (C=O) groups is 1. The third-order valence-electron chi connectivity index (χ3n) is 2.76. The molecule has 0 spiro atoms. The van der Waals surface area contributed by atoms with E-state index in [4.69, 9.17) is 17.3 Å². The van der Waals surface area contributed by atoms with Crippen LogP contribution in [0.3, 0.4) is 0 Å². The molecule has 1 heterocycles. The molecular formula is C12H14ClN5O3S. The van der Waals surface area contributed by atoms with Gasteiger partial charge in [0.05, 0.1) is 17.3 Å². The first-order valence-corrected chi connectivity index (χ1v) is 8.04. The third-order valence-corrected chi connectivity index (χ3v) is 4.28. The molecule has 0 fully saturated rings. The first-order chi connectivity index (χ1) is 10.4. The summed E-state index contributed by atoms with van der Waals surface area (Å²) in [6.45, 7) is 0. The van der Waals surface area contributed by atoms with Gasteiger partial charge in [-0.2, -0.15) is 0 Å². The van der Waals surface area contributed by atoms with E-state index in [0.29, 0.717) is 10.7 Å². The number of hydrazine groups is 1. The topological polar surface area (TPSA) is 130 Å². The highest BCUT2D eigenvalue weighted by Crippen LogP contribution is 2.13. The van der Waals surface area contributed by atoms with Gasteiger partial charge in [0.1, 0.15) is 0 Å². The molecule has 5 N–H and O–H groups in total. The predicted molar refractivity (Wildman–Crippen MR) is 80.2 cm³/mol. The maximum absolute atomic E-state index is 12.0. The molecule has 0 aliphatic carbocycles. The minimum Gasteiger partial charge on any atom is -0.348 e. The summed E-state index contributed by atoms with van der Waals surface area (Å²) < 4.78 is 23.9. The number of imidazole rings is 1. The average Bonchev–Trinajstić information content (AvgIpc) is 2.98. The number of rotatable bonds is 6. The normalized spacial score (nSPS) is 12.8. The molecule has 22 heavy (non-hydrogen) atoms. The lowest BCUT2D eigenvalue weighted by molar-refractivity contribution is -0.122. The fourth-order valence-corrected chi connectivity index (χ4v) is 2.58. The van der Waals surface area contributed by atoms with Gasteiger partial charge >= 0.3 is 0 Å². The highest BCUT2D eigenvalue weighted by molar-refractivity contribution is 7.89. The molecule has 8 nitrogen and oxygen atoms in total. The molecule has 1 aromatic carbocycles. The number of nitrogens with one attached hydrogen (secondary N) is 3. The average molecular weight is 344 g/mol. The van der Waals surface area contributed by atoms with Crippen molar-refractivity contribution in [1.82, 2.24) is 20.2 Å². The van der Waals surface area contributed by atoms with E-state index in [9.17, 15) is 13.2 Å². The maximum atomic E-state index is 12.0. The summed E-state index contributed by atoms with van der Waals surface area (Å²) >= 11 is 5.69. The molecule has 1 aromatic heterocycles. The van der Waals surface area contributed by atoms with Crippen molar-refractivity contribution in [2.45, 2.75) is 17.4 Å². The van der Waals surface area contributed by atoms with Gasteiger partial charge in [-0.3, -0.25) is 10.2 Å². The number of sulfonamides is 1. The Bertz CT molecular complexity index is 731. The number of H-pyrrole nitrogens is 1. The van der Waals surface area contributed by atoms with Gasteiger partial charge in [0.25, 0.3) is 15.9 Å². The van der Waals surface area contributed by atoms with Crippen molar-refractivity contribution in [1.29, 1.82) is 0 Å². The Morgan fingerprint density at radius 3 is 2.64 bits per heavy atom. The van der Waals surface area contributed by atoms with E-state index < -0.39 is 22.0 Å². The molecule has 0 aliphatic rings. The second kappa shape index (κ2) is 6.88. The summed E-state index contributed by atoms with van der Waals surface area (Å²) in [4.78, 5) is 20.3. The zero-order valence-electron chi connectivity index (χ0n) is 11.3. The molecule has 10 heteroatoms. The van der Waals surface area contributed by atoms with Gasteiger partial charge in [0.15, 0.2) is 0 Å². The minimum atomic E-state index is -3.88. The molecule has 0 aliphatic heterocycles. The molecule has 118 valence electrons. The van der Waals surface area contributed by atoms with Crippen molar-refractivity contribution in [3.8, 4) is 0 Å². The molecule has 0 radical (unpaired) electrons. The third kappa shape index (κ3) is 4.28. The number of nitrogens with zero attached hydrogens (tertiary/aromatic N) is 1. The van der Waals surface area contributed by atoms with Crippen LogP contribution in [0.4, 0.5) is 0 Å². The minimum absolute atomic E-state index is 0.0284. The van der Waals surface area contributed by atoms with Gasteiger partial charge in [-0.05, 0) is 24.3 Å². The number of halogens is 1. The van der Waals surface area contributed by atoms with Crippen molar-refractivity contribution < 1.29 is 13.2 Å². The molecule has 0 saturated carbocycles. The SMILES string of the molecule is N[C@@H](Cc1cnc[nH]1)C(=O)NNS(=O)(=O)c1ccc(Cl)cc1. The van der Waals surface area contributed by atoms with E-state index in [0.717, 1.165) is 0 Å². The molecule has 0 bridgehead atoms. The van der Waals surface area contributed by atoms with Gasteiger partial charge in [-0.15, -0.1) is 4.83 Å². The van der Waals surface area contributed by atoms with Crippen molar-refractivity contribution in [3.63, 3.8) is 0 Å². The fourth-order valence-electron chi connectivity index (χ4n) is 1.61. The molecule has 1 amide bonds. The van der Waals surface area contributed by atoms with Crippen LogP contribution in [-0.4, -0.2) is 30.3 Å². The highest BCUT2D eigenvalue weighted by Gasteiger charge is 2.19. The standard InChI is InChI=1S/C12H14ClN5O3S/c13-8-1-3-10(4-2-8)22(20,21)18-17-12(19)11(14)5-9-6-15-7-16-9/h1-4,6-7,11,18H,5,14H2,(H,15,16)(H,17,19)/t11-/m0/s1. The van der Waals surface area contributed by atoms with E-state index in [2.05, 4.69) is 15.4 Å². The summed E-state index contributed by atoms with van der Waals surface area (Å²) in [5, 5.41) is 0.407. The van der Waals surface area contributed by atoms with Gasteiger partial charge in [-0.1, -0.05) is 11.6 Å². The summed E-state index contributed by atoms with van der Waals surface area (Å²) in [6, 6.07) is 4.58. The van der Waals surface area contributed by atoms with Crippen LogP contribution in [0.2, 0.25) is 5.02 Å². The van der Waals surface area contributed by atoms with Crippen molar-refractivity contribution in [2.75, 3.05) is 0 Å². The number of carbonyl (C=O) groups excluding carboxylic acids is 1. The Kier molecular flexibility index (Phi) is 5.14. The first kappa shape index (κ1) is 16.4. The van der Waals surface area contributed by atoms with Crippen LogP contribution in [0.1, 0.15) is 5.69 Å². The molecule has 2 aromatic rings. The van der Waals surface area contributed by atoms with Crippen LogP contribution >= 0.6 is 11.6 Å². The van der Waals surface area contributed by atoms with Crippen LogP contribution in [0.25, 0.3) is 0 Å². The largest absolute Gasteiger partial charge is 0.348 e. The Balaban J connectivity index is 1.93. The van der Waals surface area contributed by atoms with Gasteiger partial charge in [0, 0.05) is 23.3 Å². The van der Waals surface area contributed by atoms with Crippen molar-refractivity contribution in [2.24, 2.45) is 5.73 Å². The number of aromatic amines is 1. The van der Waals surface area contributed by atoms with Crippen LogP contribution in [0, 0.1) is 0 Å². The number of aromatic nitrogens is 2. The van der Waals surface area contributed by atoms with E-state index in [1.54, 1.807) is 0 Å². The molecule has 0 unspecified atom stereocenters. The van der Waals surface area contributed by atoms with Crippen molar-refractivity contribution in [3.05, 3.63) is 47.5 Å². The van der Waals surface area contributed by atoms with Crippen LogP contribution in [-0.2, 0) is 21.2 Å². The summed E-state index contributed by atoms with van der Waals surface area (Å²) in [5.41, 5.74) is 8.43. The smallest absolute Gasteiger partial charge is 0.257 e. The lowest BCUT2D eigenvalue weighted by Crippen LogP contribution is -2.49. The second-order valence-electron chi connectivity index (χ2n) is 4.44. The Hall–Kier alpha value is -1.94. The highest BCUT2D eigenvalue weighted by atomic mass is 35.5. The van der Waals surface area contributed by atoms with Crippen LogP contribution < -0.4 is 16.0 Å².